The average Bonchev–Trinajstić information content (AvgIpc) is 2.96. The maximum atomic E-state index is 7.75. The molecule has 106 valence electrons. The predicted octanol–water partition coefficient (Wildman–Crippen LogP) is 5.49. The van der Waals surface area contributed by atoms with Crippen molar-refractivity contribution in [2.24, 2.45) is 0 Å². The van der Waals surface area contributed by atoms with Crippen LogP contribution in [-0.2, 0) is 6.54 Å². The Hall–Kier alpha value is -2.80. The van der Waals surface area contributed by atoms with E-state index in [0.717, 1.165) is 12.1 Å². The zero-order valence-corrected chi connectivity index (χ0v) is 12.1. The zero-order chi connectivity index (χ0) is 17.4. The lowest BCUT2D eigenvalue weighted by atomic mass is 10.1. The average molecular weight is 286 g/mol. The third kappa shape index (κ3) is 2.03. The topological polar surface area (TPSA) is 4.93 Å². The van der Waals surface area contributed by atoms with E-state index < -0.39 is 6.53 Å². The number of fused-ring (bicyclic) bond motifs is 3. The lowest BCUT2D eigenvalue weighted by molar-refractivity contribution is 0.869. The second-order valence-electron chi connectivity index (χ2n) is 5.44. The van der Waals surface area contributed by atoms with Gasteiger partial charge in [-0.15, -0.1) is 0 Å². The van der Waals surface area contributed by atoms with Gasteiger partial charge in [0.2, 0.25) is 0 Å². The Bertz CT molecular complexity index is 1030. The highest BCUT2D eigenvalue weighted by Crippen LogP contribution is 2.29. The monoisotopic (exact) mass is 286 g/mol. The van der Waals surface area contributed by atoms with Gasteiger partial charge >= 0.3 is 0 Å². The highest BCUT2D eigenvalue weighted by molar-refractivity contribution is 6.08. The van der Waals surface area contributed by atoms with Gasteiger partial charge in [0, 0.05) is 28.4 Å². The van der Waals surface area contributed by atoms with Crippen LogP contribution >= 0.6 is 0 Å². The number of rotatable bonds is 3. The van der Waals surface area contributed by atoms with Gasteiger partial charge in [0.15, 0.2) is 0 Å². The van der Waals surface area contributed by atoms with E-state index >= 15 is 0 Å². The van der Waals surface area contributed by atoms with E-state index in [-0.39, 0.29) is 6.05 Å². The van der Waals surface area contributed by atoms with Crippen molar-refractivity contribution in [3.63, 3.8) is 0 Å². The molecule has 0 N–H and O–H groups in total. The first kappa shape index (κ1) is 10.0. The van der Waals surface area contributed by atoms with E-state index in [0.29, 0.717) is 5.56 Å². The van der Waals surface area contributed by atoms with Crippen molar-refractivity contribution < 1.29 is 4.11 Å². The Morgan fingerprint density at radius 3 is 2.05 bits per heavy atom. The highest BCUT2D eigenvalue weighted by Gasteiger charge is 2.09. The smallest absolute Gasteiger partial charge is 0.0623 e. The van der Waals surface area contributed by atoms with Crippen molar-refractivity contribution in [2.75, 3.05) is 0 Å². The summed E-state index contributed by atoms with van der Waals surface area (Å²) in [6, 6.07) is 24.3. The van der Waals surface area contributed by atoms with E-state index in [1.54, 1.807) is 0 Å². The summed E-state index contributed by atoms with van der Waals surface area (Å²) in [7, 11) is 0. The summed E-state index contributed by atoms with van der Waals surface area (Å²) in [6.45, 7) is 0.273. The third-order valence-corrected chi connectivity index (χ3v) is 4.12. The second-order valence-corrected chi connectivity index (χ2v) is 5.44. The molecule has 0 radical (unpaired) electrons. The predicted molar refractivity (Wildman–Crippen MR) is 95.1 cm³/mol. The molecule has 4 aromatic rings. The fourth-order valence-electron chi connectivity index (χ4n) is 3.05. The molecule has 1 heterocycles. The first-order chi connectivity index (χ1) is 12.1. The van der Waals surface area contributed by atoms with Crippen LogP contribution in [0.15, 0.2) is 79.3 Å². The van der Waals surface area contributed by atoms with Gasteiger partial charge in [-0.2, -0.15) is 0 Å². The second kappa shape index (κ2) is 5.19. The maximum absolute atomic E-state index is 7.75. The van der Waals surface area contributed by atoms with Gasteiger partial charge in [-0.25, -0.2) is 0 Å². The highest BCUT2D eigenvalue weighted by atomic mass is 15.0. The summed E-state index contributed by atoms with van der Waals surface area (Å²) >= 11 is 0. The van der Waals surface area contributed by atoms with Crippen LogP contribution in [0.1, 0.15) is 15.2 Å². The van der Waals surface area contributed by atoms with Gasteiger partial charge in [-0.1, -0.05) is 73.2 Å². The van der Waals surface area contributed by atoms with E-state index in [2.05, 4.69) is 53.1 Å². The Kier molecular flexibility index (Phi) is 2.36. The molecule has 0 bridgehead atoms. The van der Waals surface area contributed by atoms with Crippen LogP contribution in [0, 0.1) is 0 Å². The molecule has 0 spiro atoms. The molecule has 0 atom stereocenters. The first-order valence-corrected chi connectivity index (χ1v) is 7.34. The van der Waals surface area contributed by atoms with E-state index in [1.165, 1.54) is 21.8 Å². The van der Waals surface area contributed by atoms with Crippen LogP contribution in [0.5, 0.6) is 0 Å². The van der Waals surface area contributed by atoms with E-state index in [1.807, 2.05) is 24.3 Å². The van der Waals surface area contributed by atoms with Crippen molar-refractivity contribution in [2.45, 2.75) is 6.54 Å². The fourth-order valence-corrected chi connectivity index (χ4v) is 3.05. The van der Waals surface area contributed by atoms with E-state index in [9.17, 15) is 0 Å². The minimum absolute atomic E-state index is 0.0524. The lowest BCUT2D eigenvalue weighted by Crippen LogP contribution is -1.99. The number of nitrogens with zero attached hydrogens (tertiary/aromatic N) is 1. The summed E-state index contributed by atoms with van der Waals surface area (Å²) in [5, 5.41) is 2.50. The number of hydrogen-bond acceptors (Lipinski definition) is 0. The van der Waals surface area contributed by atoms with Crippen molar-refractivity contribution in [3.8, 4) is 0 Å². The minimum Gasteiger partial charge on any atom is -0.336 e. The largest absolute Gasteiger partial charge is 0.336 e. The molecule has 4 rings (SSSR count). The molecule has 22 heavy (non-hydrogen) atoms. The summed E-state index contributed by atoms with van der Waals surface area (Å²) in [4.78, 5) is 0. The zero-order valence-electron chi connectivity index (χ0n) is 15.1. The molecule has 0 amide bonds. The van der Waals surface area contributed by atoms with Crippen LogP contribution in [0.4, 0.5) is 0 Å². The molecule has 1 heteroatoms. The molecule has 0 aliphatic rings. The third-order valence-electron chi connectivity index (χ3n) is 4.12. The minimum atomic E-state index is -0.463. The van der Waals surface area contributed by atoms with Gasteiger partial charge in [0.25, 0.3) is 0 Å². The SMILES string of the molecule is [2H]C([2H])=C([2H])c1ccc(Cn2c3ccccc3c3ccccc32)cc1. The molecule has 0 saturated heterocycles. The number of para-hydroxylation sites is 2. The standard InChI is InChI=1S/C21H17N/c1-2-16-11-13-17(14-12-16)15-22-20-9-5-3-7-18(20)19-8-4-6-10-21(19)22/h2-14H,1,15H2/i1D2,2D. The molecule has 3 aromatic carbocycles. The van der Waals surface area contributed by atoms with Gasteiger partial charge in [0.1, 0.15) is 0 Å². The van der Waals surface area contributed by atoms with Gasteiger partial charge in [-0.05, 0) is 23.3 Å². The molecule has 0 aliphatic heterocycles. The van der Waals surface area contributed by atoms with E-state index in [4.69, 9.17) is 4.11 Å². The van der Waals surface area contributed by atoms with Gasteiger partial charge < -0.3 is 4.57 Å². The van der Waals surface area contributed by atoms with Crippen molar-refractivity contribution in [1.82, 2.24) is 4.57 Å². The first-order valence-electron chi connectivity index (χ1n) is 8.84. The number of benzene rings is 3. The Morgan fingerprint density at radius 1 is 0.864 bits per heavy atom. The molecule has 0 saturated carbocycles. The Balaban J connectivity index is 1.79. The molecule has 0 fully saturated rings. The van der Waals surface area contributed by atoms with Crippen molar-refractivity contribution in [1.29, 1.82) is 0 Å². The Labute approximate surface area is 134 Å². The normalized spacial score (nSPS) is 12.8. The summed E-state index contributed by atoms with van der Waals surface area (Å²) in [5.41, 5.74) is 4.13. The van der Waals surface area contributed by atoms with Gasteiger partial charge in [0.05, 0.1) is 4.11 Å². The number of hydrogen-bond donors (Lipinski definition) is 0. The summed E-state index contributed by atoms with van der Waals surface area (Å²) in [5.74, 6) is 0. The van der Waals surface area contributed by atoms with Gasteiger partial charge in [-0.3, -0.25) is 0 Å². The molecular weight excluding hydrogens is 266 g/mol. The van der Waals surface area contributed by atoms with Crippen LogP contribution in [0.2, 0.25) is 0 Å². The van der Waals surface area contributed by atoms with Crippen LogP contribution < -0.4 is 0 Å². The summed E-state index contributed by atoms with van der Waals surface area (Å²) < 4.78 is 24.6. The van der Waals surface area contributed by atoms with Crippen LogP contribution in [0.3, 0.4) is 0 Å². The Morgan fingerprint density at radius 2 is 1.45 bits per heavy atom. The van der Waals surface area contributed by atoms with Crippen LogP contribution in [0.25, 0.3) is 27.9 Å². The fraction of sp³-hybridized carbons (Fsp3) is 0.0476. The number of aromatic nitrogens is 1. The molecule has 1 nitrogen and oxygen atoms in total. The molecule has 1 aromatic heterocycles. The molecular formula is C21H17N. The van der Waals surface area contributed by atoms with Crippen molar-refractivity contribution >= 4 is 27.9 Å². The molecule has 0 aliphatic carbocycles. The molecule has 0 unspecified atom stereocenters. The quantitative estimate of drug-likeness (QED) is 0.469. The maximum Gasteiger partial charge on any atom is 0.0623 e. The van der Waals surface area contributed by atoms with Crippen molar-refractivity contribution in [3.05, 3.63) is 90.5 Å². The lowest BCUT2D eigenvalue weighted by Gasteiger charge is -2.08. The summed E-state index contributed by atoms with van der Waals surface area (Å²) in [6.07, 6.45) is 0. The van der Waals surface area contributed by atoms with Crippen LogP contribution in [-0.4, -0.2) is 4.57 Å².